The summed E-state index contributed by atoms with van der Waals surface area (Å²) < 4.78 is 0. The average molecular weight is 768 g/mol. The van der Waals surface area contributed by atoms with Crippen LogP contribution in [-0.4, -0.2) is 0 Å². The Hall–Kier alpha value is -0.957. The molecule has 0 saturated carbocycles. The first-order chi connectivity index (χ1) is 22.7. The molecule has 0 aliphatic heterocycles. The second-order valence-corrected chi connectivity index (χ2v) is 13.3. The van der Waals surface area contributed by atoms with Gasteiger partial charge in [-0.15, -0.1) is 23.0 Å². The first-order valence-corrected chi connectivity index (χ1v) is 20.2. The Morgan fingerprint density at radius 2 is 0.388 bits per heavy atom. The maximum atomic E-state index is 11.7. The molecule has 0 aliphatic rings. The molecule has 0 radical (unpaired) electrons. The van der Waals surface area contributed by atoms with E-state index in [1.54, 1.807) is 0 Å². The van der Waals surface area contributed by atoms with Gasteiger partial charge in [0.25, 0.3) is 0 Å². The summed E-state index contributed by atoms with van der Waals surface area (Å²) in [5, 5.41) is 46.8. The summed E-state index contributed by atoms with van der Waals surface area (Å²) in [5.41, 5.74) is -0.238. The van der Waals surface area contributed by atoms with Gasteiger partial charge in [0.2, 0.25) is 0 Å². The van der Waals surface area contributed by atoms with E-state index >= 15 is 0 Å². The van der Waals surface area contributed by atoms with Crippen LogP contribution in [0.25, 0.3) is 0 Å². The van der Waals surface area contributed by atoms with Crippen LogP contribution in [0.15, 0.2) is 47.3 Å². The fraction of sp³-hybridized carbons (Fsp3) is 0.818. The Kier molecular flexibility index (Phi) is 38.6. The van der Waals surface area contributed by atoms with E-state index < -0.39 is 0 Å². The summed E-state index contributed by atoms with van der Waals surface area (Å²) in [5.74, 6) is 1.38. The zero-order valence-corrected chi connectivity index (χ0v) is 38.2. The van der Waals surface area contributed by atoms with Gasteiger partial charge in [-0.3, -0.25) is 0 Å². The van der Waals surface area contributed by atoms with E-state index in [2.05, 4.69) is 83.1 Å². The first-order valence-electron chi connectivity index (χ1n) is 20.2. The summed E-state index contributed by atoms with van der Waals surface area (Å²) in [6.07, 6.45) is 22.4. The monoisotopic (exact) mass is 767 g/mol. The van der Waals surface area contributed by atoms with Crippen molar-refractivity contribution in [2.75, 3.05) is 0 Å². The summed E-state index contributed by atoms with van der Waals surface area (Å²) >= 11 is 0. The van der Waals surface area contributed by atoms with E-state index in [1.165, 1.54) is 0 Å². The molecular formula is C44H84O4Zr. The predicted octanol–water partition coefficient (Wildman–Crippen LogP) is 11.4. The molecule has 0 bridgehead atoms. The second kappa shape index (κ2) is 32.9. The molecule has 0 saturated heterocycles. The van der Waals surface area contributed by atoms with E-state index in [0.29, 0.717) is 23.0 Å². The van der Waals surface area contributed by atoms with Crippen LogP contribution in [-0.2, 0) is 26.2 Å². The Balaban J connectivity index is -0.000000174. The van der Waals surface area contributed by atoms with Crippen molar-refractivity contribution >= 4 is 0 Å². The van der Waals surface area contributed by atoms with Crippen LogP contribution >= 0.6 is 0 Å². The second-order valence-electron chi connectivity index (χ2n) is 13.3. The zero-order valence-electron chi connectivity index (χ0n) is 35.8. The maximum Gasteiger partial charge on any atom is 4.00 e. The topological polar surface area (TPSA) is 92.2 Å². The van der Waals surface area contributed by atoms with Gasteiger partial charge in [-0.25, -0.2) is 0 Å². The van der Waals surface area contributed by atoms with Crippen molar-refractivity contribution in [2.45, 2.75) is 214 Å². The Morgan fingerprint density at radius 1 is 0.286 bits per heavy atom. The molecule has 0 aliphatic carbocycles. The standard InChI is InChI=1S/4C11H22O.Zr/c4*1-5-9-10(12)11(6-2,7-3)8-4;/h4*9,12H,5-8H2,1-4H3;/q;;;;+4/p-4. The third-order valence-electron chi connectivity index (χ3n) is 11.8. The van der Waals surface area contributed by atoms with Gasteiger partial charge in [0.1, 0.15) is 0 Å². The van der Waals surface area contributed by atoms with Gasteiger partial charge >= 0.3 is 26.2 Å². The van der Waals surface area contributed by atoms with Crippen molar-refractivity contribution in [3.8, 4) is 0 Å². The van der Waals surface area contributed by atoms with Gasteiger partial charge in [0, 0.05) is 0 Å². The maximum absolute atomic E-state index is 11.7. The van der Waals surface area contributed by atoms with Crippen molar-refractivity contribution in [1.29, 1.82) is 0 Å². The van der Waals surface area contributed by atoms with Crippen LogP contribution in [0.4, 0.5) is 0 Å². The van der Waals surface area contributed by atoms with E-state index in [9.17, 15) is 20.4 Å². The molecule has 0 heterocycles. The van der Waals surface area contributed by atoms with Gasteiger partial charge in [0.05, 0.1) is 0 Å². The normalized spacial score (nSPS) is 13.2. The minimum Gasteiger partial charge on any atom is -0.875 e. The molecule has 0 rings (SSSR count). The van der Waals surface area contributed by atoms with Crippen molar-refractivity contribution in [3.05, 3.63) is 47.3 Å². The van der Waals surface area contributed by atoms with Crippen molar-refractivity contribution in [1.82, 2.24) is 0 Å². The largest absolute Gasteiger partial charge is 4.00 e. The third kappa shape index (κ3) is 18.9. The Bertz CT molecular complexity index is 690. The van der Waals surface area contributed by atoms with Gasteiger partial charge in [0.15, 0.2) is 0 Å². The molecule has 4 nitrogen and oxygen atoms in total. The first kappa shape index (κ1) is 57.4. The van der Waals surface area contributed by atoms with Crippen LogP contribution < -0.4 is 20.4 Å². The molecule has 0 spiro atoms. The molecule has 0 unspecified atom stereocenters. The molecule has 0 fully saturated rings. The van der Waals surface area contributed by atoms with Crippen molar-refractivity contribution < 1.29 is 46.6 Å². The van der Waals surface area contributed by atoms with Crippen molar-refractivity contribution in [3.63, 3.8) is 0 Å². The predicted molar refractivity (Wildman–Crippen MR) is 207 cm³/mol. The fourth-order valence-corrected chi connectivity index (χ4v) is 6.70. The minimum atomic E-state index is -0.0595. The molecule has 49 heavy (non-hydrogen) atoms. The van der Waals surface area contributed by atoms with Crippen LogP contribution in [0.5, 0.6) is 0 Å². The van der Waals surface area contributed by atoms with Crippen LogP contribution in [0.1, 0.15) is 214 Å². The molecule has 0 N–H and O–H groups in total. The molecule has 0 amide bonds. The number of hydrogen-bond donors (Lipinski definition) is 0. The molecule has 0 aromatic carbocycles. The SMILES string of the molecule is CCC=C([O-])C(CC)(CC)CC.CCC=C([O-])C(CC)(CC)CC.CCC=C([O-])C(CC)(CC)CC.CCC=C([O-])C(CC)(CC)CC.[Zr+4]. The molecule has 0 atom stereocenters. The number of hydrogen-bond acceptors (Lipinski definition) is 4. The summed E-state index contributed by atoms with van der Waals surface area (Å²) in [7, 11) is 0. The van der Waals surface area contributed by atoms with Gasteiger partial charge in [-0.05, 0) is 124 Å². The molecule has 0 aromatic rings. The fourth-order valence-electron chi connectivity index (χ4n) is 6.70. The molecular weight excluding hydrogens is 684 g/mol. The summed E-state index contributed by atoms with van der Waals surface area (Å²) in [6, 6.07) is 0. The van der Waals surface area contributed by atoms with Gasteiger partial charge in [-0.2, -0.15) is 0 Å². The minimum absolute atomic E-state index is 0. The Morgan fingerprint density at radius 3 is 0.449 bits per heavy atom. The van der Waals surface area contributed by atoms with Crippen LogP contribution in [0.3, 0.4) is 0 Å². The van der Waals surface area contributed by atoms with Crippen LogP contribution in [0, 0.1) is 21.7 Å². The summed E-state index contributed by atoms with van der Waals surface area (Å²) in [4.78, 5) is 0. The van der Waals surface area contributed by atoms with E-state index in [1.807, 2.05) is 52.0 Å². The van der Waals surface area contributed by atoms with Gasteiger partial charge in [-0.1, -0.05) is 135 Å². The smallest absolute Gasteiger partial charge is 0.875 e. The van der Waals surface area contributed by atoms with Crippen molar-refractivity contribution in [2.24, 2.45) is 21.7 Å². The van der Waals surface area contributed by atoms with E-state index in [0.717, 1.165) is 103 Å². The summed E-state index contributed by atoms with van der Waals surface area (Å²) in [6.45, 7) is 33.3. The third-order valence-corrected chi connectivity index (χ3v) is 11.8. The average Bonchev–Trinajstić information content (AvgIpc) is 3.10. The number of allylic oxidation sites excluding steroid dienone is 8. The van der Waals surface area contributed by atoms with Crippen LogP contribution in [0.2, 0.25) is 0 Å². The zero-order chi connectivity index (χ0) is 38.5. The number of rotatable bonds is 20. The molecule has 5 heteroatoms. The van der Waals surface area contributed by atoms with E-state index in [4.69, 9.17) is 0 Å². The molecule has 0 aromatic heterocycles. The molecule has 288 valence electrons. The quantitative estimate of drug-likeness (QED) is 0.115. The Labute approximate surface area is 327 Å². The van der Waals surface area contributed by atoms with Gasteiger partial charge < -0.3 is 20.4 Å². The van der Waals surface area contributed by atoms with E-state index in [-0.39, 0.29) is 47.9 Å².